The molecule has 0 unspecified atom stereocenters. The number of piperidine rings is 1. The van der Waals surface area contributed by atoms with Gasteiger partial charge in [-0.25, -0.2) is 12.8 Å². The molecule has 0 spiro atoms. The average Bonchev–Trinajstić information content (AvgIpc) is 3.00. The molecule has 1 atom stereocenters. The first kappa shape index (κ1) is 31.7. The molecule has 5 rings (SSSR count). The molecule has 2 aliphatic heterocycles. The van der Waals surface area contributed by atoms with Gasteiger partial charge in [0.15, 0.2) is 11.6 Å². The number of sulfonamides is 1. The Kier molecular flexibility index (Phi) is 9.19. The monoisotopic (exact) mass is 654 g/mol. The number of hydrogen-bond donors (Lipinski definition) is 1. The van der Waals surface area contributed by atoms with Crippen molar-refractivity contribution in [1.29, 1.82) is 0 Å². The third-order valence-electron chi connectivity index (χ3n) is 7.41. The van der Waals surface area contributed by atoms with Gasteiger partial charge in [0.25, 0.3) is 10.0 Å². The Hall–Kier alpha value is -3.68. The largest absolute Gasteiger partial charge is 0.483 e. The van der Waals surface area contributed by atoms with Crippen LogP contribution in [0.4, 0.5) is 23.2 Å². The van der Waals surface area contributed by atoms with Crippen LogP contribution in [0, 0.1) is 11.7 Å². The Morgan fingerprint density at radius 3 is 2.45 bits per heavy atom. The molecule has 2 aliphatic rings. The Morgan fingerprint density at radius 2 is 1.75 bits per heavy atom. The molecule has 44 heavy (non-hydrogen) atoms. The smallest absolute Gasteiger partial charge is 0.416 e. The van der Waals surface area contributed by atoms with E-state index in [9.17, 15) is 31.2 Å². The molecule has 3 aromatic rings. The van der Waals surface area contributed by atoms with Crippen LogP contribution in [-0.4, -0.2) is 46.1 Å². The number of alkyl halides is 3. The second-order valence-electron chi connectivity index (χ2n) is 10.5. The summed E-state index contributed by atoms with van der Waals surface area (Å²) in [7, 11) is -4.70. The van der Waals surface area contributed by atoms with Crippen LogP contribution in [0.2, 0.25) is 5.02 Å². The van der Waals surface area contributed by atoms with Crippen molar-refractivity contribution in [3.8, 4) is 16.9 Å². The molecule has 1 fully saturated rings. The maximum absolute atomic E-state index is 15.6. The maximum Gasteiger partial charge on any atom is 0.416 e. The van der Waals surface area contributed by atoms with Crippen LogP contribution in [0.1, 0.15) is 31.2 Å². The maximum atomic E-state index is 15.6. The summed E-state index contributed by atoms with van der Waals surface area (Å²) in [4.78, 5) is 24.2. The van der Waals surface area contributed by atoms with Crippen LogP contribution in [0.15, 0.2) is 65.6 Å². The van der Waals surface area contributed by atoms with Crippen LogP contribution in [0.5, 0.6) is 5.75 Å². The van der Waals surface area contributed by atoms with Gasteiger partial charge in [0.2, 0.25) is 0 Å². The summed E-state index contributed by atoms with van der Waals surface area (Å²) in [6, 6.07) is 12.1. The average molecular weight is 655 g/mol. The second kappa shape index (κ2) is 12.7. The van der Waals surface area contributed by atoms with Crippen molar-refractivity contribution in [3.05, 3.63) is 77.1 Å². The van der Waals surface area contributed by atoms with Gasteiger partial charge in [0.05, 0.1) is 28.6 Å². The molecule has 0 saturated carbocycles. The van der Waals surface area contributed by atoms with Crippen molar-refractivity contribution in [2.75, 3.05) is 23.9 Å². The molecule has 2 heterocycles. The number of halogens is 5. The van der Waals surface area contributed by atoms with E-state index in [1.165, 1.54) is 12.1 Å². The number of rotatable bonds is 7. The van der Waals surface area contributed by atoms with Gasteiger partial charge in [-0.15, -0.1) is 0 Å². The molecule has 0 radical (unpaired) electrons. The lowest BCUT2D eigenvalue weighted by atomic mass is 9.98. The number of carbonyl (C=O) groups is 2. The van der Waals surface area contributed by atoms with Crippen molar-refractivity contribution in [1.82, 2.24) is 5.32 Å². The molecule has 8 nitrogen and oxygen atoms in total. The van der Waals surface area contributed by atoms with E-state index in [-0.39, 0.29) is 24.1 Å². The van der Waals surface area contributed by atoms with E-state index >= 15 is 4.39 Å². The third-order valence-corrected chi connectivity index (χ3v) is 9.42. The van der Waals surface area contributed by atoms with E-state index in [1.54, 1.807) is 18.2 Å². The summed E-state index contributed by atoms with van der Waals surface area (Å²) in [6.07, 6.45) is -5.38. The zero-order chi connectivity index (χ0) is 31.6. The molecular weight excluding hydrogens is 628 g/mol. The highest BCUT2D eigenvalue weighted by Crippen LogP contribution is 2.43. The molecule has 0 amide bonds. The van der Waals surface area contributed by atoms with E-state index in [0.717, 1.165) is 28.6 Å². The van der Waals surface area contributed by atoms with E-state index in [1.807, 2.05) is 0 Å². The van der Waals surface area contributed by atoms with Crippen LogP contribution >= 0.6 is 11.6 Å². The summed E-state index contributed by atoms with van der Waals surface area (Å²) >= 11 is 6.09. The predicted molar refractivity (Wildman–Crippen MR) is 153 cm³/mol. The quantitative estimate of drug-likeness (QED) is 0.190. The molecule has 3 aromatic carbocycles. The fourth-order valence-corrected chi connectivity index (χ4v) is 6.85. The number of carbonyl (C=O) groups excluding carboxylic acids is 2. The first-order valence-electron chi connectivity index (χ1n) is 13.7. The molecular formula is C30H27ClF4N2O6S. The Bertz CT molecular complexity index is 1680. The van der Waals surface area contributed by atoms with Gasteiger partial charge in [-0.05, 0) is 85.9 Å². The van der Waals surface area contributed by atoms with E-state index in [0.29, 0.717) is 42.6 Å². The number of fused-ring (bicyclic) bond motifs is 1. The van der Waals surface area contributed by atoms with Gasteiger partial charge in [0, 0.05) is 11.4 Å². The van der Waals surface area contributed by atoms with Gasteiger partial charge >= 0.3 is 18.1 Å². The zero-order valence-corrected chi connectivity index (χ0v) is 24.6. The topological polar surface area (TPSA) is 102 Å². The summed E-state index contributed by atoms with van der Waals surface area (Å²) in [6.45, 7) is 0.771. The van der Waals surface area contributed by atoms with Crippen molar-refractivity contribution < 1.29 is 45.0 Å². The van der Waals surface area contributed by atoms with Crippen molar-refractivity contribution in [2.45, 2.75) is 42.9 Å². The minimum atomic E-state index is -4.81. The molecule has 14 heteroatoms. The minimum absolute atomic E-state index is 0.165. The number of anilines is 1. The lowest BCUT2D eigenvalue weighted by Gasteiger charge is -2.36. The van der Waals surface area contributed by atoms with Gasteiger partial charge in [-0.1, -0.05) is 29.8 Å². The van der Waals surface area contributed by atoms with Crippen LogP contribution in [0.25, 0.3) is 11.1 Å². The summed E-state index contributed by atoms with van der Waals surface area (Å²) in [5.41, 5.74) is -0.713. The minimum Gasteiger partial charge on any atom is -0.483 e. The highest BCUT2D eigenvalue weighted by molar-refractivity contribution is 7.92. The standard InChI is InChI=1S/C30H27ClF4N2O6S/c31-22-5-1-3-19(13-22)20-14-25(32)28-26(15-20)37(44(40,41)24-6-2-4-21(16-24)30(33,34)35)17-23(42-28)7-8-27(38)43-29(39)18-9-11-36-12-10-18/h1-6,13-16,18,23,36H,7-12,17H2/t23-/m0/s1. The summed E-state index contributed by atoms with van der Waals surface area (Å²) in [5.74, 6) is -3.32. The van der Waals surface area contributed by atoms with E-state index in [2.05, 4.69) is 5.32 Å². The fourth-order valence-electron chi connectivity index (χ4n) is 5.12. The molecule has 1 saturated heterocycles. The van der Waals surface area contributed by atoms with Crippen LogP contribution in [0.3, 0.4) is 0 Å². The van der Waals surface area contributed by atoms with Crippen molar-refractivity contribution in [2.24, 2.45) is 5.92 Å². The number of esters is 2. The molecule has 0 bridgehead atoms. The number of nitrogens with one attached hydrogen (secondary N) is 1. The number of ether oxygens (including phenoxy) is 2. The Morgan fingerprint density at radius 1 is 1.02 bits per heavy atom. The fraction of sp³-hybridized carbons (Fsp3) is 0.333. The number of nitrogens with zero attached hydrogens (tertiary/aromatic N) is 1. The first-order valence-corrected chi connectivity index (χ1v) is 15.6. The molecule has 0 aliphatic carbocycles. The summed E-state index contributed by atoms with van der Waals surface area (Å²) in [5, 5.41) is 3.45. The second-order valence-corrected chi connectivity index (χ2v) is 12.8. The molecule has 234 valence electrons. The third kappa shape index (κ3) is 7.00. The predicted octanol–water partition coefficient (Wildman–Crippen LogP) is 5.97. The number of hydrogen-bond acceptors (Lipinski definition) is 7. The van der Waals surface area contributed by atoms with Gasteiger partial charge < -0.3 is 14.8 Å². The summed E-state index contributed by atoms with van der Waals surface area (Å²) < 4.78 is 95.2. The van der Waals surface area contributed by atoms with Gasteiger partial charge in [-0.3, -0.25) is 13.9 Å². The Balaban J connectivity index is 1.46. The molecule has 1 N–H and O–H groups in total. The van der Waals surface area contributed by atoms with Gasteiger partial charge in [-0.2, -0.15) is 13.2 Å². The van der Waals surface area contributed by atoms with Crippen molar-refractivity contribution >= 4 is 39.3 Å². The number of benzene rings is 3. The first-order chi connectivity index (χ1) is 20.8. The lowest BCUT2D eigenvalue weighted by Crippen LogP contribution is -2.44. The van der Waals surface area contributed by atoms with E-state index in [4.69, 9.17) is 21.1 Å². The normalized spacial score (nSPS) is 17.5. The van der Waals surface area contributed by atoms with Gasteiger partial charge in [0.1, 0.15) is 6.10 Å². The molecule has 0 aromatic heterocycles. The highest BCUT2D eigenvalue weighted by Gasteiger charge is 2.39. The Labute approximate surface area is 255 Å². The highest BCUT2D eigenvalue weighted by atomic mass is 35.5. The van der Waals surface area contributed by atoms with Crippen molar-refractivity contribution in [3.63, 3.8) is 0 Å². The zero-order valence-electron chi connectivity index (χ0n) is 23.1. The van der Waals surface area contributed by atoms with E-state index < -0.39 is 68.7 Å². The SMILES string of the molecule is O=C(CC[C@H]1CN(S(=O)(=O)c2cccc(C(F)(F)F)c2)c2cc(-c3cccc(Cl)c3)cc(F)c2O1)OC(=O)C1CCNCC1. The van der Waals surface area contributed by atoms with Crippen LogP contribution in [-0.2, 0) is 30.5 Å². The van der Waals surface area contributed by atoms with Crippen LogP contribution < -0.4 is 14.4 Å². The lowest BCUT2D eigenvalue weighted by molar-refractivity contribution is -0.163.